The van der Waals surface area contributed by atoms with Gasteiger partial charge in [0.15, 0.2) is 5.79 Å². The lowest BCUT2D eigenvalue weighted by molar-refractivity contribution is -0.148. The third-order valence-electron chi connectivity index (χ3n) is 5.20. The standard InChI is InChI=1S/C23H43NO4/c1-5-6-7-8-9-10-11-12-13-14-15-16-17-21-22(28-23(3,4)27-21)20(18-25)24-19(2)26/h16-17,20-22,25H,5-15,18H2,1-4H3,(H,24,26)/b17-16+/t20?,21-,22+/m1/s1. The fraction of sp³-hybridized carbons (Fsp3) is 0.870. The Morgan fingerprint density at radius 1 is 1.04 bits per heavy atom. The van der Waals surface area contributed by atoms with E-state index in [0.29, 0.717) is 0 Å². The number of unbranched alkanes of at least 4 members (excludes halogenated alkanes) is 10. The molecule has 0 aromatic carbocycles. The monoisotopic (exact) mass is 397 g/mol. The molecule has 1 heterocycles. The van der Waals surface area contributed by atoms with E-state index in [4.69, 9.17) is 9.47 Å². The molecule has 0 saturated carbocycles. The molecule has 0 spiro atoms. The molecule has 1 saturated heterocycles. The lowest BCUT2D eigenvalue weighted by Gasteiger charge is -2.24. The second kappa shape index (κ2) is 14.1. The SMILES string of the molecule is CCCCCCCCCCCC/C=C/[C@H]1OC(C)(C)O[C@H]1C(CO)NC(C)=O. The van der Waals surface area contributed by atoms with Crippen LogP contribution < -0.4 is 5.32 Å². The van der Waals surface area contributed by atoms with Crippen molar-refractivity contribution in [3.63, 3.8) is 0 Å². The average molecular weight is 398 g/mol. The smallest absolute Gasteiger partial charge is 0.217 e. The zero-order chi connectivity index (χ0) is 20.8. The summed E-state index contributed by atoms with van der Waals surface area (Å²) in [5.41, 5.74) is 0. The highest BCUT2D eigenvalue weighted by atomic mass is 16.8. The molecule has 1 rings (SSSR count). The highest BCUT2D eigenvalue weighted by molar-refractivity contribution is 5.73. The number of hydrogen-bond acceptors (Lipinski definition) is 4. The molecular formula is C23H43NO4. The van der Waals surface area contributed by atoms with E-state index in [2.05, 4.69) is 18.3 Å². The molecule has 1 aliphatic heterocycles. The summed E-state index contributed by atoms with van der Waals surface area (Å²) in [5.74, 6) is -0.900. The number of ether oxygens (including phenoxy) is 2. The molecule has 1 aliphatic rings. The van der Waals surface area contributed by atoms with Gasteiger partial charge < -0.3 is 19.9 Å². The molecule has 0 radical (unpaired) electrons. The van der Waals surface area contributed by atoms with Gasteiger partial charge in [-0.1, -0.05) is 76.9 Å². The van der Waals surface area contributed by atoms with Crippen molar-refractivity contribution >= 4 is 5.91 Å². The number of hydrogen-bond donors (Lipinski definition) is 2. The molecule has 0 aromatic rings. The van der Waals surface area contributed by atoms with Gasteiger partial charge in [0.05, 0.1) is 12.6 Å². The van der Waals surface area contributed by atoms with Crippen LogP contribution in [0.1, 0.15) is 98.3 Å². The summed E-state index contributed by atoms with van der Waals surface area (Å²) in [4.78, 5) is 11.4. The zero-order valence-corrected chi connectivity index (χ0v) is 18.5. The molecule has 0 aromatic heterocycles. The first kappa shape index (κ1) is 25.1. The Morgan fingerprint density at radius 2 is 1.61 bits per heavy atom. The van der Waals surface area contributed by atoms with Gasteiger partial charge in [-0.25, -0.2) is 0 Å². The van der Waals surface area contributed by atoms with E-state index in [1.165, 1.54) is 71.1 Å². The van der Waals surface area contributed by atoms with E-state index in [1.54, 1.807) is 0 Å². The van der Waals surface area contributed by atoms with Gasteiger partial charge in [-0.3, -0.25) is 4.79 Å². The number of nitrogens with one attached hydrogen (secondary N) is 1. The second-order valence-electron chi connectivity index (χ2n) is 8.45. The van der Waals surface area contributed by atoms with Crippen LogP contribution in [0.3, 0.4) is 0 Å². The Labute approximate surface area is 172 Å². The Morgan fingerprint density at radius 3 is 2.14 bits per heavy atom. The molecule has 1 fully saturated rings. The average Bonchev–Trinajstić information content (AvgIpc) is 2.95. The van der Waals surface area contributed by atoms with Crippen molar-refractivity contribution in [2.45, 2.75) is 122 Å². The molecule has 1 unspecified atom stereocenters. The number of carbonyl (C=O) groups excluding carboxylic acids is 1. The predicted octanol–water partition coefficient (Wildman–Crippen LogP) is 4.87. The lowest BCUT2D eigenvalue weighted by Crippen LogP contribution is -2.48. The highest BCUT2D eigenvalue weighted by Crippen LogP contribution is 2.31. The van der Waals surface area contributed by atoms with Gasteiger partial charge in [-0.05, 0) is 26.7 Å². The normalized spacial score (nSPS) is 22.6. The molecular weight excluding hydrogens is 354 g/mol. The summed E-state index contributed by atoms with van der Waals surface area (Å²) in [7, 11) is 0. The van der Waals surface area contributed by atoms with Gasteiger partial charge in [0.2, 0.25) is 5.91 Å². The van der Waals surface area contributed by atoms with Crippen LogP contribution in [0.15, 0.2) is 12.2 Å². The molecule has 164 valence electrons. The first-order valence-corrected chi connectivity index (χ1v) is 11.3. The minimum Gasteiger partial charge on any atom is -0.394 e. The van der Waals surface area contributed by atoms with Gasteiger partial charge in [0.25, 0.3) is 0 Å². The maximum Gasteiger partial charge on any atom is 0.217 e. The van der Waals surface area contributed by atoms with Gasteiger partial charge in [-0.2, -0.15) is 0 Å². The molecule has 5 nitrogen and oxygen atoms in total. The van der Waals surface area contributed by atoms with E-state index in [0.717, 1.165) is 6.42 Å². The van der Waals surface area contributed by atoms with E-state index in [9.17, 15) is 9.90 Å². The summed E-state index contributed by atoms with van der Waals surface area (Å²) in [6.07, 6.45) is 17.9. The van der Waals surface area contributed by atoms with Crippen LogP contribution in [-0.4, -0.2) is 41.7 Å². The minimum atomic E-state index is -0.720. The quantitative estimate of drug-likeness (QED) is 0.305. The van der Waals surface area contributed by atoms with Crippen LogP contribution in [0, 0.1) is 0 Å². The zero-order valence-electron chi connectivity index (χ0n) is 18.5. The highest BCUT2D eigenvalue weighted by Gasteiger charge is 2.44. The third-order valence-corrected chi connectivity index (χ3v) is 5.20. The van der Waals surface area contributed by atoms with Crippen molar-refractivity contribution in [1.82, 2.24) is 5.32 Å². The summed E-state index contributed by atoms with van der Waals surface area (Å²) in [5, 5.41) is 12.4. The largest absolute Gasteiger partial charge is 0.394 e. The second-order valence-corrected chi connectivity index (χ2v) is 8.45. The molecule has 3 atom stereocenters. The molecule has 0 bridgehead atoms. The van der Waals surface area contributed by atoms with Crippen LogP contribution in [0.25, 0.3) is 0 Å². The molecule has 0 aliphatic carbocycles. The van der Waals surface area contributed by atoms with Crippen molar-refractivity contribution < 1.29 is 19.4 Å². The maximum atomic E-state index is 11.4. The van der Waals surface area contributed by atoms with Crippen LogP contribution in [0.2, 0.25) is 0 Å². The first-order valence-electron chi connectivity index (χ1n) is 11.3. The van der Waals surface area contributed by atoms with Gasteiger partial charge in [0, 0.05) is 6.92 Å². The lowest BCUT2D eigenvalue weighted by atomic mass is 10.0. The van der Waals surface area contributed by atoms with Gasteiger partial charge in [0.1, 0.15) is 12.2 Å². The molecule has 1 amide bonds. The van der Waals surface area contributed by atoms with Gasteiger partial charge >= 0.3 is 0 Å². The van der Waals surface area contributed by atoms with E-state index >= 15 is 0 Å². The summed E-state index contributed by atoms with van der Waals surface area (Å²) in [6.45, 7) is 7.25. The number of carbonyl (C=O) groups is 1. The minimum absolute atomic E-state index is 0.174. The van der Waals surface area contributed by atoms with Crippen molar-refractivity contribution in [3.8, 4) is 0 Å². The fourth-order valence-corrected chi connectivity index (χ4v) is 3.75. The number of aliphatic hydroxyl groups is 1. The topological polar surface area (TPSA) is 67.8 Å². The summed E-state index contributed by atoms with van der Waals surface area (Å²) in [6, 6.07) is -0.466. The van der Waals surface area contributed by atoms with Crippen molar-refractivity contribution in [3.05, 3.63) is 12.2 Å². The van der Waals surface area contributed by atoms with E-state index in [-0.39, 0.29) is 24.7 Å². The van der Waals surface area contributed by atoms with Crippen LogP contribution in [0.4, 0.5) is 0 Å². The Hall–Kier alpha value is -0.910. The summed E-state index contributed by atoms with van der Waals surface area (Å²) >= 11 is 0. The molecule has 28 heavy (non-hydrogen) atoms. The maximum absolute atomic E-state index is 11.4. The van der Waals surface area contributed by atoms with E-state index in [1.807, 2.05) is 19.9 Å². The van der Waals surface area contributed by atoms with Gasteiger partial charge in [-0.15, -0.1) is 0 Å². The van der Waals surface area contributed by atoms with Crippen molar-refractivity contribution in [1.29, 1.82) is 0 Å². The summed E-state index contributed by atoms with van der Waals surface area (Å²) < 4.78 is 11.9. The predicted molar refractivity (Wildman–Crippen MR) is 114 cm³/mol. The van der Waals surface area contributed by atoms with Crippen LogP contribution in [-0.2, 0) is 14.3 Å². The molecule has 5 heteroatoms. The molecule has 2 N–H and O–H groups in total. The first-order chi connectivity index (χ1) is 13.4. The Bertz CT molecular complexity index is 450. The number of amides is 1. The number of allylic oxidation sites excluding steroid dienone is 1. The fourth-order valence-electron chi connectivity index (χ4n) is 3.75. The Balaban J connectivity index is 2.25. The number of aliphatic hydroxyl groups excluding tert-OH is 1. The number of rotatable bonds is 15. The Kier molecular flexibility index (Phi) is 12.7. The van der Waals surface area contributed by atoms with Crippen molar-refractivity contribution in [2.75, 3.05) is 6.61 Å². The van der Waals surface area contributed by atoms with Crippen molar-refractivity contribution in [2.24, 2.45) is 0 Å². The van der Waals surface area contributed by atoms with Crippen LogP contribution in [0.5, 0.6) is 0 Å². The van der Waals surface area contributed by atoms with Crippen LogP contribution >= 0.6 is 0 Å². The third kappa shape index (κ3) is 10.6. The van der Waals surface area contributed by atoms with E-state index < -0.39 is 11.8 Å².